The number of nitrogens with zero attached hydrogens (tertiary/aromatic N) is 1. The van der Waals surface area contributed by atoms with Gasteiger partial charge in [-0.25, -0.2) is 4.79 Å². The van der Waals surface area contributed by atoms with Crippen LogP contribution in [-0.2, 0) is 6.54 Å². The van der Waals surface area contributed by atoms with Crippen molar-refractivity contribution in [2.24, 2.45) is 0 Å². The van der Waals surface area contributed by atoms with Gasteiger partial charge in [0.1, 0.15) is 5.56 Å². The van der Waals surface area contributed by atoms with Crippen LogP contribution < -0.4 is 5.43 Å². The fourth-order valence-corrected chi connectivity index (χ4v) is 2.26. The SMILES string of the molecule is Cc1c(Br)c(=O)c(C(=O)O)cn1Cc1ccccc1. The van der Waals surface area contributed by atoms with Crippen LogP contribution in [0.15, 0.2) is 45.8 Å². The lowest BCUT2D eigenvalue weighted by molar-refractivity contribution is 0.0694. The van der Waals surface area contributed by atoms with Crippen molar-refractivity contribution in [3.05, 3.63) is 68.0 Å². The maximum atomic E-state index is 11.8. The normalized spacial score (nSPS) is 10.4. The summed E-state index contributed by atoms with van der Waals surface area (Å²) in [5.41, 5.74) is 1.03. The van der Waals surface area contributed by atoms with Gasteiger partial charge < -0.3 is 9.67 Å². The topological polar surface area (TPSA) is 59.3 Å². The van der Waals surface area contributed by atoms with Crippen LogP contribution in [0.4, 0.5) is 0 Å². The van der Waals surface area contributed by atoms with Crippen LogP contribution in [0.2, 0.25) is 0 Å². The lowest BCUT2D eigenvalue weighted by atomic mass is 10.2. The molecule has 0 aliphatic carbocycles. The molecule has 2 rings (SSSR count). The maximum absolute atomic E-state index is 11.8. The fraction of sp³-hybridized carbons (Fsp3) is 0.143. The van der Waals surface area contributed by atoms with Crippen LogP contribution in [-0.4, -0.2) is 15.6 Å². The molecule has 1 N–H and O–H groups in total. The average Bonchev–Trinajstić information content (AvgIpc) is 2.40. The summed E-state index contributed by atoms with van der Waals surface area (Å²) < 4.78 is 2.05. The van der Waals surface area contributed by atoms with E-state index < -0.39 is 11.4 Å². The van der Waals surface area contributed by atoms with Gasteiger partial charge in [0.15, 0.2) is 0 Å². The zero-order valence-corrected chi connectivity index (χ0v) is 11.8. The number of benzene rings is 1. The molecule has 98 valence electrons. The summed E-state index contributed by atoms with van der Waals surface area (Å²) in [7, 11) is 0. The Morgan fingerprint density at radius 2 is 1.95 bits per heavy atom. The second-order valence-corrected chi connectivity index (χ2v) is 4.98. The molecule has 0 amide bonds. The van der Waals surface area contributed by atoms with E-state index in [-0.39, 0.29) is 5.56 Å². The standard InChI is InChI=1S/C14H12BrNO3/c1-9-12(15)13(17)11(14(18)19)8-16(9)7-10-5-3-2-4-6-10/h2-6,8H,7H2,1H3,(H,18,19). The Bertz CT molecular complexity index is 677. The summed E-state index contributed by atoms with van der Waals surface area (Å²) in [6.45, 7) is 2.30. The number of carbonyl (C=O) groups is 1. The monoisotopic (exact) mass is 321 g/mol. The summed E-state index contributed by atoms with van der Waals surface area (Å²) in [5.74, 6) is -1.22. The van der Waals surface area contributed by atoms with Crippen LogP contribution in [0, 0.1) is 6.92 Å². The van der Waals surface area contributed by atoms with E-state index in [1.54, 1.807) is 11.5 Å². The van der Waals surface area contributed by atoms with Crippen LogP contribution in [0.1, 0.15) is 21.6 Å². The number of carboxylic acid groups (broad SMARTS) is 1. The first-order valence-corrected chi connectivity index (χ1v) is 6.46. The van der Waals surface area contributed by atoms with Crippen LogP contribution >= 0.6 is 15.9 Å². The summed E-state index contributed by atoms with van der Waals surface area (Å²) in [6, 6.07) is 9.65. The Balaban J connectivity index is 2.52. The number of hydrogen-bond acceptors (Lipinski definition) is 2. The second-order valence-electron chi connectivity index (χ2n) is 4.19. The average molecular weight is 322 g/mol. The third kappa shape index (κ3) is 2.76. The Kier molecular flexibility index (Phi) is 3.85. The molecule has 1 heterocycles. The molecule has 0 saturated carbocycles. The number of carboxylic acids is 1. The first kappa shape index (κ1) is 13.5. The number of pyridine rings is 1. The summed E-state index contributed by atoms with van der Waals surface area (Å²) in [6.07, 6.45) is 1.39. The molecule has 2 aromatic rings. The van der Waals surface area contributed by atoms with Gasteiger partial charge in [0.25, 0.3) is 0 Å². The number of hydrogen-bond donors (Lipinski definition) is 1. The van der Waals surface area contributed by atoms with E-state index in [9.17, 15) is 9.59 Å². The predicted molar refractivity (Wildman–Crippen MR) is 75.6 cm³/mol. The highest BCUT2D eigenvalue weighted by Crippen LogP contribution is 2.14. The molecule has 0 radical (unpaired) electrons. The first-order valence-electron chi connectivity index (χ1n) is 5.67. The minimum atomic E-state index is -1.22. The third-order valence-electron chi connectivity index (χ3n) is 2.90. The van der Waals surface area contributed by atoms with Crippen LogP contribution in [0.25, 0.3) is 0 Å². The number of halogens is 1. The molecule has 4 nitrogen and oxygen atoms in total. The molecule has 1 aromatic carbocycles. The maximum Gasteiger partial charge on any atom is 0.341 e. The van der Waals surface area contributed by atoms with Crippen molar-refractivity contribution in [2.75, 3.05) is 0 Å². The molecule has 0 aliphatic heterocycles. The molecule has 5 heteroatoms. The van der Waals surface area contributed by atoms with E-state index in [1.165, 1.54) is 6.20 Å². The highest BCUT2D eigenvalue weighted by atomic mass is 79.9. The summed E-state index contributed by atoms with van der Waals surface area (Å²) >= 11 is 3.17. The van der Waals surface area contributed by atoms with Crippen molar-refractivity contribution in [1.82, 2.24) is 4.57 Å². The third-order valence-corrected chi connectivity index (χ3v) is 3.84. The second kappa shape index (κ2) is 5.40. The zero-order valence-electron chi connectivity index (χ0n) is 10.3. The summed E-state index contributed by atoms with van der Waals surface area (Å²) in [5, 5.41) is 9.04. The van der Waals surface area contributed by atoms with Gasteiger partial charge in [0.05, 0.1) is 4.47 Å². The molecule has 0 spiro atoms. The minimum absolute atomic E-state index is 0.228. The quantitative estimate of drug-likeness (QED) is 0.945. The van der Waals surface area contributed by atoms with E-state index in [2.05, 4.69) is 15.9 Å². The molecule has 19 heavy (non-hydrogen) atoms. The highest BCUT2D eigenvalue weighted by molar-refractivity contribution is 9.10. The lowest BCUT2D eigenvalue weighted by Crippen LogP contribution is -2.21. The van der Waals surface area contributed by atoms with Gasteiger partial charge in [0, 0.05) is 18.4 Å². The van der Waals surface area contributed by atoms with E-state index in [0.717, 1.165) is 5.56 Å². The summed E-state index contributed by atoms with van der Waals surface area (Å²) in [4.78, 5) is 22.9. The molecular formula is C14H12BrNO3. The Morgan fingerprint density at radius 3 is 2.53 bits per heavy atom. The van der Waals surface area contributed by atoms with Gasteiger partial charge in [-0.15, -0.1) is 0 Å². The van der Waals surface area contributed by atoms with Gasteiger partial charge in [-0.1, -0.05) is 30.3 Å². The molecule has 0 bridgehead atoms. The molecule has 0 unspecified atom stereocenters. The fourth-order valence-electron chi connectivity index (χ4n) is 1.82. The van der Waals surface area contributed by atoms with Crippen LogP contribution in [0.3, 0.4) is 0 Å². The predicted octanol–water partition coefficient (Wildman–Crippen LogP) is 2.67. The van der Waals surface area contributed by atoms with Gasteiger partial charge >= 0.3 is 5.97 Å². The number of aromatic carboxylic acids is 1. The smallest absolute Gasteiger partial charge is 0.341 e. The largest absolute Gasteiger partial charge is 0.477 e. The van der Waals surface area contributed by atoms with Gasteiger partial charge in [-0.05, 0) is 28.4 Å². The van der Waals surface area contributed by atoms with E-state index in [0.29, 0.717) is 16.7 Å². The lowest BCUT2D eigenvalue weighted by Gasteiger charge is -2.13. The molecule has 1 aromatic heterocycles. The van der Waals surface area contributed by atoms with Crippen LogP contribution in [0.5, 0.6) is 0 Å². The van der Waals surface area contributed by atoms with E-state index in [1.807, 2.05) is 30.3 Å². The van der Waals surface area contributed by atoms with Crippen molar-refractivity contribution in [2.45, 2.75) is 13.5 Å². The van der Waals surface area contributed by atoms with Crippen molar-refractivity contribution in [3.8, 4) is 0 Å². The van der Waals surface area contributed by atoms with Gasteiger partial charge in [0.2, 0.25) is 5.43 Å². The minimum Gasteiger partial charge on any atom is -0.477 e. The molecule has 0 saturated heterocycles. The van der Waals surface area contributed by atoms with E-state index >= 15 is 0 Å². The molecule has 0 aliphatic rings. The van der Waals surface area contributed by atoms with Crippen molar-refractivity contribution in [3.63, 3.8) is 0 Å². The first-order chi connectivity index (χ1) is 9.00. The van der Waals surface area contributed by atoms with Gasteiger partial charge in [-0.2, -0.15) is 0 Å². The Hall–Kier alpha value is -1.88. The Labute approximate surface area is 118 Å². The van der Waals surface area contributed by atoms with E-state index in [4.69, 9.17) is 5.11 Å². The molecular weight excluding hydrogens is 310 g/mol. The Morgan fingerprint density at radius 1 is 1.32 bits per heavy atom. The molecule has 0 atom stereocenters. The molecule has 0 fully saturated rings. The van der Waals surface area contributed by atoms with Crippen molar-refractivity contribution in [1.29, 1.82) is 0 Å². The number of rotatable bonds is 3. The van der Waals surface area contributed by atoms with Crippen molar-refractivity contribution >= 4 is 21.9 Å². The number of aromatic nitrogens is 1. The van der Waals surface area contributed by atoms with Crippen molar-refractivity contribution < 1.29 is 9.90 Å². The zero-order chi connectivity index (χ0) is 14.0. The van der Waals surface area contributed by atoms with Gasteiger partial charge in [-0.3, -0.25) is 4.79 Å². The highest BCUT2D eigenvalue weighted by Gasteiger charge is 2.15.